The highest BCUT2D eigenvalue weighted by Crippen LogP contribution is 2.60. The van der Waals surface area contributed by atoms with E-state index in [0.29, 0.717) is 58.7 Å². The number of epoxide rings is 2. The van der Waals surface area contributed by atoms with Crippen molar-refractivity contribution in [3.8, 4) is 0 Å². The number of amides is 2. The van der Waals surface area contributed by atoms with Crippen molar-refractivity contribution in [2.24, 2.45) is 0 Å². The zero-order valence-corrected chi connectivity index (χ0v) is 20.0. The molecule has 1 N–H and O–H groups in total. The molecule has 0 bridgehead atoms. The van der Waals surface area contributed by atoms with E-state index >= 15 is 0 Å². The van der Waals surface area contributed by atoms with Crippen molar-refractivity contribution in [1.29, 1.82) is 0 Å². The molecule has 1 aliphatic carbocycles. The van der Waals surface area contributed by atoms with Gasteiger partial charge in [0.15, 0.2) is 0 Å². The second kappa shape index (κ2) is 10.3. The van der Waals surface area contributed by atoms with Gasteiger partial charge in [-0.05, 0) is 26.2 Å². The number of rotatable bonds is 9. The van der Waals surface area contributed by atoms with E-state index in [1.54, 1.807) is 12.0 Å². The molecule has 6 atom stereocenters. The normalized spacial score (nSPS) is 37.5. The molecule has 0 aromatic heterocycles. The third-order valence-corrected chi connectivity index (χ3v) is 7.32. The van der Waals surface area contributed by atoms with Crippen LogP contribution in [0.4, 0.5) is 9.59 Å². The van der Waals surface area contributed by atoms with Crippen LogP contribution in [0, 0.1) is 0 Å². The first-order valence-electron chi connectivity index (χ1n) is 12.2. The van der Waals surface area contributed by atoms with E-state index in [9.17, 15) is 9.59 Å². The van der Waals surface area contributed by atoms with Crippen molar-refractivity contribution in [1.82, 2.24) is 10.2 Å². The van der Waals surface area contributed by atoms with E-state index in [1.165, 1.54) is 0 Å². The number of nitrogens with one attached hydrogen (secondary N) is 1. The maximum Gasteiger partial charge on any atom is 0.410 e. The lowest BCUT2D eigenvalue weighted by Gasteiger charge is -2.36. The number of unbranched alkanes of at least 4 members (excludes halogenated alkanes) is 1. The fourth-order valence-electron chi connectivity index (χ4n) is 5.18. The lowest BCUT2D eigenvalue weighted by atomic mass is 9.79. The number of methoxy groups -OCH3 is 1. The SMILES string of the molecule is CCCCNC(=O)OCCC1OC1(C)C1OC12CCC(OC(=O)N1CCOCC1)C(OC)C2. The third-order valence-electron chi connectivity index (χ3n) is 7.32. The highest BCUT2D eigenvalue weighted by Gasteiger charge is 2.74. The molecule has 188 valence electrons. The van der Waals surface area contributed by atoms with Crippen LogP contribution in [0.5, 0.6) is 0 Å². The maximum absolute atomic E-state index is 12.5. The van der Waals surface area contributed by atoms with Crippen molar-refractivity contribution in [3.05, 3.63) is 0 Å². The summed E-state index contributed by atoms with van der Waals surface area (Å²) >= 11 is 0. The average Bonchev–Trinajstić information content (AvgIpc) is 3.71. The van der Waals surface area contributed by atoms with Gasteiger partial charge in [0.2, 0.25) is 0 Å². The van der Waals surface area contributed by atoms with Crippen molar-refractivity contribution in [3.63, 3.8) is 0 Å². The Morgan fingerprint density at radius 1 is 1.18 bits per heavy atom. The van der Waals surface area contributed by atoms with Crippen molar-refractivity contribution in [2.75, 3.05) is 46.6 Å². The fourth-order valence-corrected chi connectivity index (χ4v) is 5.18. The summed E-state index contributed by atoms with van der Waals surface area (Å²) in [4.78, 5) is 25.9. The molecule has 1 spiro atoms. The monoisotopic (exact) mass is 470 g/mol. The van der Waals surface area contributed by atoms with E-state index in [-0.39, 0.29) is 47.8 Å². The Bertz CT molecular complexity index is 702. The Hall–Kier alpha value is -1.62. The maximum atomic E-state index is 12.5. The standard InChI is InChI=1S/C23H38N2O8/c1-4-5-9-24-20(26)30-12-7-18-22(2,32-18)19-23(33-19)8-6-16(17(15-23)28-3)31-21(27)25-10-13-29-14-11-25/h16-19H,4-15H2,1-3H3,(H,24,26). The molecule has 1 saturated carbocycles. The number of carbonyl (C=O) groups excluding carboxylic acids is 2. The summed E-state index contributed by atoms with van der Waals surface area (Å²) < 4.78 is 34.2. The number of carbonyl (C=O) groups is 2. The Balaban J connectivity index is 1.20. The van der Waals surface area contributed by atoms with Gasteiger partial charge in [0.25, 0.3) is 0 Å². The smallest absolute Gasteiger partial charge is 0.410 e. The van der Waals surface area contributed by atoms with Gasteiger partial charge >= 0.3 is 12.2 Å². The molecule has 3 saturated heterocycles. The van der Waals surface area contributed by atoms with Crippen molar-refractivity contribution >= 4 is 12.2 Å². The molecule has 10 heteroatoms. The molecule has 33 heavy (non-hydrogen) atoms. The molecule has 4 aliphatic rings. The number of alkyl carbamates (subject to hydrolysis) is 1. The van der Waals surface area contributed by atoms with Crippen LogP contribution in [0.15, 0.2) is 0 Å². The predicted molar refractivity (Wildman–Crippen MR) is 117 cm³/mol. The summed E-state index contributed by atoms with van der Waals surface area (Å²) in [7, 11) is 1.65. The molecule has 3 aliphatic heterocycles. The first-order valence-corrected chi connectivity index (χ1v) is 12.2. The molecular weight excluding hydrogens is 432 g/mol. The number of morpholine rings is 1. The fraction of sp³-hybridized carbons (Fsp3) is 0.913. The average molecular weight is 471 g/mol. The number of hydrogen-bond donors (Lipinski definition) is 1. The minimum Gasteiger partial charge on any atom is -0.449 e. The molecule has 2 amide bonds. The van der Waals surface area contributed by atoms with E-state index in [4.69, 9.17) is 28.4 Å². The molecule has 0 aromatic rings. The molecule has 0 aromatic carbocycles. The minimum absolute atomic E-state index is 0.00295. The van der Waals surface area contributed by atoms with Crippen LogP contribution in [0.2, 0.25) is 0 Å². The van der Waals surface area contributed by atoms with Gasteiger partial charge < -0.3 is 38.6 Å². The van der Waals surface area contributed by atoms with E-state index < -0.39 is 0 Å². The minimum atomic E-state index is -0.377. The zero-order chi connectivity index (χ0) is 23.5. The van der Waals surface area contributed by atoms with Gasteiger partial charge in [-0.15, -0.1) is 0 Å². The Kier molecular flexibility index (Phi) is 7.67. The summed E-state index contributed by atoms with van der Waals surface area (Å²) in [6.45, 7) is 7.28. The highest BCUT2D eigenvalue weighted by atomic mass is 16.7. The quantitative estimate of drug-likeness (QED) is 0.403. The second-order valence-corrected chi connectivity index (χ2v) is 9.60. The predicted octanol–water partition coefficient (Wildman–Crippen LogP) is 2.23. The van der Waals surface area contributed by atoms with Crippen LogP contribution in [0.25, 0.3) is 0 Å². The van der Waals surface area contributed by atoms with Crippen LogP contribution in [0.3, 0.4) is 0 Å². The van der Waals surface area contributed by atoms with Crippen LogP contribution < -0.4 is 5.32 Å². The van der Waals surface area contributed by atoms with Crippen LogP contribution in [-0.2, 0) is 28.4 Å². The zero-order valence-electron chi connectivity index (χ0n) is 20.0. The van der Waals surface area contributed by atoms with Crippen LogP contribution in [-0.4, -0.2) is 99.3 Å². The molecular formula is C23H38N2O8. The molecule has 6 unspecified atom stereocenters. The highest BCUT2D eigenvalue weighted by molar-refractivity contribution is 5.68. The summed E-state index contributed by atoms with van der Waals surface area (Å²) in [6, 6.07) is 0. The van der Waals surface area contributed by atoms with Gasteiger partial charge in [0, 0.05) is 39.6 Å². The Labute approximate surface area is 195 Å². The number of ether oxygens (including phenoxy) is 6. The van der Waals surface area contributed by atoms with Gasteiger partial charge in [-0.25, -0.2) is 9.59 Å². The Morgan fingerprint density at radius 2 is 1.97 bits per heavy atom. The number of nitrogens with zero attached hydrogens (tertiary/aromatic N) is 1. The molecule has 10 nitrogen and oxygen atoms in total. The molecule has 0 radical (unpaired) electrons. The first kappa shape index (κ1) is 24.5. The Morgan fingerprint density at radius 3 is 2.70 bits per heavy atom. The van der Waals surface area contributed by atoms with Gasteiger partial charge in [-0.3, -0.25) is 0 Å². The van der Waals surface area contributed by atoms with E-state index in [1.807, 2.05) is 0 Å². The van der Waals surface area contributed by atoms with Gasteiger partial charge in [0.05, 0.1) is 32.0 Å². The lowest BCUT2D eigenvalue weighted by Crippen LogP contribution is -2.48. The molecule has 4 rings (SSSR count). The van der Waals surface area contributed by atoms with Gasteiger partial charge in [-0.2, -0.15) is 0 Å². The van der Waals surface area contributed by atoms with Gasteiger partial charge in [-0.1, -0.05) is 13.3 Å². The van der Waals surface area contributed by atoms with Crippen LogP contribution in [0.1, 0.15) is 52.4 Å². The second-order valence-electron chi connectivity index (χ2n) is 9.60. The lowest BCUT2D eigenvalue weighted by molar-refractivity contribution is -0.0742. The van der Waals surface area contributed by atoms with E-state index in [0.717, 1.165) is 19.3 Å². The van der Waals surface area contributed by atoms with Crippen LogP contribution >= 0.6 is 0 Å². The summed E-state index contributed by atoms with van der Waals surface area (Å²) in [5, 5.41) is 2.74. The largest absolute Gasteiger partial charge is 0.449 e. The number of hydrogen-bond acceptors (Lipinski definition) is 8. The summed E-state index contributed by atoms with van der Waals surface area (Å²) in [5.74, 6) is 0. The first-order chi connectivity index (χ1) is 15.9. The summed E-state index contributed by atoms with van der Waals surface area (Å²) in [5.41, 5.74) is -0.678. The van der Waals surface area contributed by atoms with Gasteiger partial charge in [0.1, 0.15) is 23.4 Å². The summed E-state index contributed by atoms with van der Waals surface area (Å²) in [6.07, 6.45) is 3.54. The molecule has 4 fully saturated rings. The topological polar surface area (TPSA) is 111 Å². The van der Waals surface area contributed by atoms with Crippen molar-refractivity contribution in [2.45, 2.75) is 88.0 Å². The van der Waals surface area contributed by atoms with E-state index in [2.05, 4.69) is 19.2 Å². The molecule has 3 heterocycles. The van der Waals surface area contributed by atoms with Crippen molar-refractivity contribution < 1.29 is 38.0 Å². The third kappa shape index (κ3) is 5.55.